The summed E-state index contributed by atoms with van der Waals surface area (Å²) in [5.74, 6) is -0.139. The number of rotatable bonds is 7. The Labute approximate surface area is 183 Å². The summed E-state index contributed by atoms with van der Waals surface area (Å²) in [6.07, 6.45) is 2.91. The molecule has 2 aromatic carbocycles. The molecule has 0 aliphatic heterocycles. The summed E-state index contributed by atoms with van der Waals surface area (Å²) in [5.41, 5.74) is 2.55. The van der Waals surface area contributed by atoms with E-state index in [2.05, 4.69) is 30.9 Å². The summed E-state index contributed by atoms with van der Waals surface area (Å²) in [6.45, 7) is 0.423. The lowest BCUT2D eigenvalue weighted by molar-refractivity contribution is 0.0698. The van der Waals surface area contributed by atoms with Crippen LogP contribution in [-0.4, -0.2) is 39.0 Å². The van der Waals surface area contributed by atoms with Gasteiger partial charge >= 0.3 is 5.97 Å². The van der Waals surface area contributed by atoms with Crippen molar-refractivity contribution in [1.82, 2.24) is 15.0 Å². The normalized spacial score (nSPS) is 10.5. The zero-order valence-corrected chi connectivity index (χ0v) is 17.2. The van der Waals surface area contributed by atoms with Gasteiger partial charge in [-0.25, -0.2) is 19.7 Å². The van der Waals surface area contributed by atoms with E-state index in [-0.39, 0.29) is 11.5 Å². The Hall–Kier alpha value is -4.53. The standard InChI is InChI=1S/C23H20N6O3/c1-24-19-11-15(8-9-25-19)22(30)29-16-5-2-4-14(10-16)12-26-21-17-6-3-7-18(23(31)32)20(17)27-13-28-21/h2-11,13H,12H2,1H3,(H,24,25)(H,29,30)(H,31,32)(H,26,27,28). The van der Waals surface area contributed by atoms with E-state index >= 15 is 0 Å². The van der Waals surface area contributed by atoms with Gasteiger partial charge in [-0.05, 0) is 42.0 Å². The number of hydrogen-bond acceptors (Lipinski definition) is 7. The maximum absolute atomic E-state index is 12.6. The van der Waals surface area contributed by atoms with Crippen LogP contribution in [0.2, 0.25) is 0 Å². The molecule has 4 rings (SSSR count). The average molecular weight is 428 g/mol. The van der Waals surface area contributed by atoms with E-state index in [9.17, 15) is 14.7 Å². The lowest BCUT2D eigenvalue weighted by atomic mass is 10.1. The van der Waals surface area contributed by atoms with E-state index in [1.807, 2.05) is 18.2 Å². The van der Waals surface area contributed by atoms with Crippen LogP contribution in [0.15, 0.2) is 67.1 Å². The van der Waals surface area contributed by atoms with E-state index in [4.69, 9.17) is 0 Å². The summed E-state index contributed by atoms with van der Waals surface area (Å²) in [5, 5.41) is 19.0. The molecule has 0 unspecified atom stereocenters. The molecular formula is C23H20N6O3. The Bertz CT molecular complexity index is 1310. The quantitative estimate of drug-likeness (QED) is 0.351. The summed E-state index contributed by atoms with van der Waals surface area (Å²) in [6, 6.07) is 15.7. The van der Waals surface area contributed by atoms with Gasteiger partial charge in [0.1, 0.15) is 18.0 Å². The van der Waals surface area contributed by atoms with Gasteiger partial charge in [-0.15, -0.1) is 0 Å². The zero-order chi connectivity index (χ0) is 22.5. The van der Waals surface area contributed by atoms with Crippen LogP contribution in [0.25, 0.3) is 10.9 Å². The molecule has 2 aromatic heterocycles. The van der Waals surface area contributed by atoms with Crippen LogP contribution in [-0.2, 0) is 6.54 Å². The third-order valence-corrected chi connectivity index (χ3v) is 4.82. The number of amides is 1. The number of nitrogens with one attached hydrogen (secondary N) is 3. The fraction of sp³-hybridized carbons (Fsp3) is 0.0870. The Kier molecular flexibility index (Phi) is 5.89. The number of pyridine rings is 1. The summed E-state index contributed by atoms with van der Waals surface area (Å²) in [7, 11) is 1.74. The molecule has 4 aromatic rings. The number of para-hydroxylation sites is 1. The van der Waals surface area contributed by atoms with Crippen molar-refractivity contribution in [2.45, 2.75) is 6.54 Å². The molecule has 9 nitrogen and oxygen atoms in total. The molecule has 0 bridgehead atoms. The molecule has 1 amide bonds. The first kappa shape index (κ1) is 20.7. The highest BCUT2D eigenvalue weighted by molar-refractivity contribution is 6.05. The van der Waals surface area contributed by atoms with Crippen LogP contribution in [0.5, 0.6) is 0 Å². The van der Waals surface area contributed by atoms with Gasteiger partial charge in [-0.1, -0.05) is 18.2 Å². The third kappa shape index (κ3) is 4.46. The number of fused-ring (bicyclic) bond motifs is 1. The van der Waals surface area contributed by atoms with Crippen molar-refractivity contribution in [2.75, 3.05) is 23.0 Å². The minimum atomic E-state index is -1.04. The summed E-state index contributed by atoms with van der Waals surface area (Å²) >= 11 is 0. The molecule has 0 saturated heterocycles. The third-order valence-electron chi connectivity index (χ3n) is 4.82. The van der Waals surface area contributed by atoms with Crippen LogP contribution in [0.3, 0.4) is 0 Å². The lowest BCUT2D eigenvalue weighted by Gasteiger charge is -2.11. The van der Waals surface area contributed by atoms with Crippen LogP contribution >= 0.6 is 0 Å². The predicted molar refractivity (Wildman–Crippen MR) is 122 cm³/mol. The molecule has 0 radical (unpaired) electrons. The fourth-order valence-corrected chi connectivity index (χ4v) is 3.26. The van der Waals surface area contributed by atoms with Gasteiger partial charge in [-0.3, -0.25) is 4.79 Å². The largest absolute Gasteiger partial charge is 0.478 e. The minimum absolute atomic E-state index is 0.121. The number of aromatic carboxylic acids is 1. The van der Waals surface area contributed by atoms with Crippen molar-refractivity contribution in [3.05, 3.63) is 83.8 Å². The summed E-state index contributed by atoms with van der Waals surface area (Å²) < 4.78 is 0. The lowest BCUT2D eigenvalue weighted by Crippen LogP contribution is -2.13. The number of aromatic nitrogens is 3. The van der Waals surface area contributed by atoms with Crippen LogP contribution in [0.4, 0.5) is 17.3 Å². The monoisotopic (exact) mass is 428 g/mol. The molecule has 0 atom stereocenters. The fourth-order valence-electron chi connectivity index (χ4n) is 3.26. The van der Waals surface area contributed by atoms with Gasteiger partial charge in [0.2, 0.25) is 0 Å². The first-order chi connectivity index (χ1) is 15.5. The Morgan fingerprint density at radius 2 is 1.84 bits per heavy atom. The number of carbonyl (C=O) groups excluding carboxylic acids is 1. The number of hydrogen-bond donors (Lipinski definition) is 4. The SMILES string of the molecule is CNc1cc(C(=O)Nc2cccc(CNc3ncnc4c(C(=O)O)cccc34)c2)ccn1. The van der Waals surface area contributed by atoms with Gasteiger partial charge in [-0.2, -0.15) is 0 Å². The molecule has 0 fully saturated rings. The van der Waals surface area contributed by atoms with Crippen LogP contribution in [0.1, 0.15) is 26.3 Å². The smallest absolute Gasteiger partial charge is 0.337 e. The van der Waals surface area contributed by atoms with E-state index in [1.54, 1.807) is 43.6 Å². The van der Waals surface area contributed by atoms with Gasteiger partial charge in [0.15, 0.2) is 0 Å². The second-order valence-electron chi connectivity index (χ2n) is 6.92. The number of carboxylic acids is 1. The van der Waals surface area contributed by atoms with Crippen molar-refractivity contribution in [3.63, 3.8) is 0 Å². The van der Waals surface area contributed by atoms with Crippen LogP contribution < -0.4 is 16.0 Å². The molecule has 0 saturated carbocycles. The average Bonchev–Trinajstić information content (AvgIpc) is 2.82. The molecule has 9 heteroatoms. The van der Waals surface area contributed by atoms with Crippen molar-refractivity contribution in [3.8, 4) is 0 Å². The number of benzene rings is 2. The molecule has 2 heterocycles. The highest BCUT2D eigenvalue weighted by Crippen LogP contribution is 2.23. The highest BCUT2D eigenvalue weighted by atomic mass is 16.4. The molecule has 32 heavy (non-hydrogen) atoms. The maximum Gasteiger partial charge on any atom is 0.337 e. The topological polar surface area (TPSA) is 129 Å². The second-order valence-corrected chi connectivity index (χ2v) is 6.92. The summed E-state index contributed by atoms with van der Waals surface area (Å²) in [4.78, 5) is 36.5. The number of carboxylic acid groups (broad SMARTS) is 1. The molecule has 0 aliphatic carbocycles. The highest BCUT2D eigenvalue weighted by Gasteiger charge is 2.12. The van der Waals surface area contributed by atoms with Crippen molar-refractivity contribution >= 4 is 40.1 Å². The minimum Gasteiger partial charge on any atom is -0.478 e. The number of nitrogens with zero attached hydrogens (tertiary/aromatic N) is 3. The van der Waals surface area contributed by atoms with E-state index in [0.717, 1.165) is 5.56 Å². The molecule has 160 valence electrons. The van der Waals surface area contributed by atoms with E-state index < -0.39 is 5.97 Å². The van der Waals surface area contributed by atoms with Gasteiger partial charge in [0, 0.05) is 36.4 Å². The van der Waals surface area contributed by atoms with Crippen molar-refractivity contribution < 1.29 is 14.7 Å². The van der Waals surface area contributed by atoms with Gasteiger partial charge in [0.05, 0.1) is 11.1 Å². The second kappa shape index (κ2) is 9.09. The Morgan fingerprint density at radius 3 is 2.66 bits per heavy atom. The molecule has 4 N–H and O–H groups in total. The zero-order valence-electron chi connectivity index (χ0n) is 17.2. The Balaban J connectivity index is 1.50. The van der Waals surface area contributed by atoms with E-state index in [0.29, 0.717) is 40.3 Å². The Morgan fingerprint density at radius 1 is 1.00 bits per heavy atom. The molecular weight excluding hydrogens is 408 g/mol. The molecule has 0 spiro atoms. The predicted octanol–water partition coefficient (Wildman–Crippen LogP) is 3.63. The van der Waals surface area contributed by atoms with Crippen molar-refractivity contribution in [2.24, 2.45) is 0 Å². The first-order valence-electron chi connectivity index (χ1n) is 9.80. The van der Waals surface area contributed by atoms with Gasteiger partial charge < -0.3 is 21.1 Å². The first-order valence-corrected chi connectivity index (χ1v) is 9.80. The number of carbonyl (C=O) groups is 2. The van der Waals surface area contributed by atoms with E-state index in [1.165, 1.54) is 12.4 Å². The molecule has 0 aliphatic rings. The number of anilines is 3. The van der Waals surface area contributed by atoms with Crippen LogP contribution in [0, 0.1) is 0 Å². The maximum atomic E-state index is 12.6. The van der Waals surface area contributed by atoms with Gasteiger partial charge in [0.25, 0.3) is 5.91 Å². The van der Waals surface area contributed by atoms with Crippen molar-refractivity contribution in [1.29, 1.82) is 0 Å².